The maximum Gasteiger partial charge on any atom is -1.00 e. The zero-order valence-corrected chi connectivity index (χ0v) is 24.7. The Hall–Kier alpha value is 0.640. The quantitative estimate of drug-likeness (QED) is 0.469. The van der Waals surface area contributed by atoms with Gasteiger partial charge < -0.3 is 24.8 Å². The van der Waals surface area contributed by atoms with Gasteiger partial charge in [-0.25, -0.2) is 0 Å². The summed E-state index contributed by atoms with van der Waals surface area (Å²) in [6.45, 7) is 15.5. The molecule has 0 aromatic carbocycles. The van der Waals surface area contributed by atoms with Crippen LogP contribution < -0.4 is 24.8 Å². The standard InChI is InChI=1S/2C12H17.C2H6Si.2ClH.Zr/c2*1-12(2)9-4-3-6-10-7-5-8-11(10)12;1-3-2;;;/h2*3-4,6-7,11H,5,8-9H2,1-2H3;1-2H3;2*1H;/q;;;;;+2/p-2. The van der Waals surface area contributed by atoms with Crippen molar-refractivity contribution in [3.63, 3.8) is 0 Å². The van der Waals surface area contributed by atoms with E-state index < -0.39 is 20.4 Å². The summed E-state index contributed by atoms with van der Waals surface area (Å²) in [7, 11) is 0. The van der Waals surface area contributed by atoms with E-state index in [1.807, 2.05) is 11.1 Å². The van der Waals surface area contributed by atoms with Gasteiger partial charge in [-0.05, 0) is 0 Å². The van der Waals surface area contributed by atoms with Crippen molar-refractivity contribution in [1.29, 1.82) is 0 Å². The topological polar surface area (TPSA) is 0 Å². The summed E-state index contributed by atoms with van der Waals surface area (Å²) in [5.41, 5.74) is 4.57. The number of allylic oxidation sites excluding steroid dienone is 8. The Morgan fingerprint density at radius 1 is 0.733 bits per heavy atom. The molecule has 4 aliphatic rings. The van der Waals surface area contributed by atoms with E-state index in [9.17, 15) is 0 Å². The second kappa shape index (κ2) is 10.3. The minimum Gasteiger partial charge on any atom is -1.00 e. The number of hydrogen-bond donors (Lipinski definition) is 0. The summed E-state index contributed by atoms with van der Waals surface area (Å²) in [5.74, 6) is 1.70. The summed E-state index contributed by atoms with van der Waals surface area (Å²) in [6, 6.07) is 0. The van der Waals surface area contributed by atoms with Crippen molar-refractivity contribution < 1.29 is 45.2 Å². The van der Waals surface area contributed by atoms with Crippen LogP contribution in [0.25, 0.3) is 0 Å². The third-order valence-electron chi connectivity index (χ3n) is 8.45. The Kier molecular flexibility index (Phi) is 9.21. The molecule has 0 aromatic heterocycles. The molecule has 0 heterocycles. The van der Waals surface area contributed by atoms with Gasteiger partial charge in [-0.1, -0.05) is 0 Å². The monoisotopic (exact) mass is 540 g/mol. The number of fused-ring (bicyclic) bond motifs is 2. The van der Waals surface area contributed by atoms with Crippen LogP contribution in [0.5, 0.6) is 0 Å². The first kappa shape index (κ1) is 26.9. The van der Waals surface area contributed by atoms with Gasteiger partial charge in [0.25, 0.3) is 0 Å². The SMILES string of the molecule is C[Si](C)=[Zr+2]([CH]1CCC2C1=CC=CCC2(C)C)[CH]1CCC2C1=CC=CCC2(C)C.[Cl-].[Cl-]. The van der Waals surface area contributed by atoms with Gasteiger partial charge in [-0.15, -0.1) is 0 Å². The van der Waals surface area contributed by atoms with Gasteiger partial charge in [0, 0.05) is 0 Å². The van der Waals surface area contributed by atoms with Crippen LogP contribution in [-0.2, 0) is 20.4 Å². The van der Waals surface area contributed by atoms with E-state index in [0.29, 0.717) is 10.8 Å². The smallest absolute Gasteiger partial charge is 1.00 e. The van der Waals surface area contributed by atoms with E-state index in [4.69, 9.17) is 0 Å². The minimum atomic E-state index is -1.59. The van der Waals surface area contributed by atoms with Gasteiger partial charge in [0.1, 0.15) is 0 Å². The van der Waals surface area contributed by atoms with Crippen molar-refractivity contribution in [3.05, 3.63) is 47.6 Å². The fourth-order valence-corrected chi connectivity index (χ4v) is 29.1. The second-order valence-electron chi connectivity index (χ2n) is 11.4. The third-order valence-corrected chi connectivity index (χ3v) is 29.0. The molecule has 166 valence electrons. The Morgan fingerprint density at radius 3 is 1.50 bits per heavy atom. The first-order valence-electron chi connectivity index (χ1n) is 11.6. The van der Waals surface area contributed by atoms with Crippen LogP contribution in [0.2, 0.25) is 20.3 Å². The summed E-state index contributed by atoms with van der Waals surface area (Å²) < 4.78 is 2.05. The third kappa shape index (κ3) is 4.93. The van der Waals surface area contributed by atoms with Crippen LogP contribution in [0.4, 0.5) is 0 Å². The molecular weight excluding hydrogens is 503 g/mol. The van der Waals surface area contributed by atoms with Crippen molar-refractivity contribution in [2.75, 3.05) is 0 Å². The molecule has 30 heavy (non-hydrogen) atoms. The van der Waals surface area contributed by atoms with E-state index in [-0.39, 0.29) is 30.2 Å². The Balaban J connectivity index is 0.00000160. The van der Waals surface area contributed by atoms with Crippen molar-refractivity contribution in [2.24, 2.45) is 22.7 Å². The van der Waals surface area contributed by atoms with Crippen LogP contribution in [0.15, 0.2) is 47.6 Å². The Morgan fingerprint density at radius 2 is 1.13 bits per heavy atom. The first-order valence-corrected chi connectivity index (χ1v) is 20.7. The van der Waals surface area contributed by atoms with Gasteiger partial charge in [0.05, 0.1) is 0 Å². The zero-order valence-electron chi connectivity index (χ0n) is 19.8. The van der Waals surface area contributed by atoms with Crippen LogP contribution in [-0.4, -0.2) is 5.43 Å². The van der Waals surface area contributed by atoms with Gasteiger partial charge in [-0.2, -0.15) is 0 Å². The minimum absolute atomic E-state index is 0. The van der Waals surface area contributed by atoms with Crippen LogP contribution in [0, 0.1) is 22.7 Å². The summed E-state index contributed by atoms with van der Waals surface area (Å²) >= 11 is -1.59. The van der Waals surface area contributed by atoms with Crippen LogP contribution in [0.1, 0.15) is 66.2 Å². The molecule has 4 rings (SSSR count). The molecule has 0 radical (unpaired) electrons. The number of halogens is 2. The molecule has 0 spiro atoms. The maximum absolute atomic E-state index is 2.69. The molecule has 4 atom stereocenters. The average Bonchev–Trinajstić information content (AvgIpc) is 3.14. The normalized spacial score (nSPS) is 32.7. The average molecular weight is 543 g/mol. The van der Waals surface area contributed by atoms with E-state index in [1.165, 1.54) is 38.5 Å². The van der Waals surface area contributed by atoms with Crippen molar-refractivity contribution in [2.45, 2.75) is 86.6 Å². The second-order valence-corrected chi connectivity index (χ2v) is 29.8. The molecule has 0 saturated heterocycles. The largest absolute Gasteiger partial charge is 1.00 e. The van der Waals surface area contributed by atoms with Crippen LogP contribution >= 0.6 is 0 Å². The van der Waals surface area contributed by atoms with E-state index in [2.05, 4.69) is 77.2 Å². The molecule has 4 unspecified atom stereocenters. The van der Waals surface area contributed by atoms with E-state index in [0.717, 1.165) is 19.1 Å². The molecule has 0 aliphatic heterocycles. The number of hydrogen-bond acceptors (Lipinski definition) is 0. The molecule has 0 bridgehead atoms. The first-order chi connectivity index (χ1) is 13.2. The van der Waals surface area contributed by atoms with Crippen molar-refractivity contribution in [3.8, 4) is 0 Å². The summed E-state index contributed by atoms with van der Waals surface area (Å²) in [5, 5.41) is 0. The molecule has 0 aromatic rings. The zero-order chi connectivity index (χ0) is 20.1. The molecule has 2 fully saturated rings. The molecule has 0 N–H and O–H groups in total. The van der Waals surface area contributed by atoms with E-state index >= 15 is 0 Å². The van der Waals surface area contributed by atoms with Gasteiger partial charge in [0.2, 0.25) is 0 Å². The number of rotatable bonds is 2. The van der Waals surface area contributed by atoms with Gasteiger partial charge >= 0.3 is 183 Å². The molecule has 4 heteroatoms. The maximum atomic E-state index is 2.69. The van der Waals surface area contributed by atoms with Crippen LogP contribution in [0.3, 0.4) is 0 Å². The Bertz CT molecular complexity index is 736. The Labute approximate surface area is 206 Å². The molecule has 2 saturated carbocycles. The summed E-state index contributed by atoms with van der Waals surface area (Å²) in [4.78, 5) is 0. The molecule has 4 aliphatic carbocycles. The van der Waals surface area contributed by atoms with E-state index in [1.54, 1.807) is 0 Å². The van der Waals surface area contributed by atoms with Gasteiger partial charge in [0.15, 0.2) is 0 Å². The molecular formula is C26H40Cl2SiZr. The predicted octanol–water partition coefficient (Wildman–Crippen LogP) is 2.09. The molecule has 0 amide bonds. The molecule has 0 nitrogen and oxygen atoms in total. The van der Waals surface area contributed by atoms with Crippen molar-refractivity contribution in [1.82, 2.24) is 0 Å². The predicted molar refractivity (Wildman–Crippen MR) is 122 cm³/mol. The fraction of sp³-hybridized carbons (Fsp3) is 0.692. The van der Waals surface area contributed by atoms with Gasteiger partial charge in [-0.3, -0.25) is 0 Å². The summed E-state index contributed by atoms with van der Waals surface area (Å²) in [6.07, 6.45) is 23.4. The van der Waals surface area contributed by atoms with Crippen molar-refractivity contribution >= 4 is 5.43 Å². The fourth-order valence-electron chi connectivity index (χ4n) is 6.96.